The zero-order chi connectivity index (χ0) is 17.1. The first kappa shape index (κ1) is 16.6. The van der Waals surface area contributed by atoms with Gasteiger partial charge >= 0.3 is 0 Å². The maximum atomic E-state index is 12.6. The smallest absolute Gasteiger partial charge is 0.290 e. The lowest BCUT2D eigenvalue weighted by molar-refractivity contribution is 0.0764. The number of carbonyl (C=O) groups excluding carboxylic acids is 2. The van der Waals surface area contributed by atoms with Gasteiger partial charge in [-0.05, 0) is 30.4 Å². The van der Waals surface area contributed by atoms with Gasteiger partial charge in [-0.25, -0.2) is 0 Å². The lowest BCUT2D eigenvalue weighted by Crippen LogP contribution is -2.35. The van der Waals surface area contributed by atoms with E-state index < -0.39 is 5.91 Å². The Balaban J connectivity index is 1.59. The Morgan fingerprint density at radius 2 is 2.17 bits per heavy atom. The predicted molar refractivity (Wildman–Crippen MR) is 87.7 cm³/mol. The summed E-state index contributed by atoms with van der Waals surface area (Å²) in [5, 5.41) is 5.48. The van der Waals surface area contributed by atoms with Gasteiger partial charge in [-0.3, -0.25) is 14.5 Å². The van der Waals surface area contributed by atoms with Crippen LogP contribution < -0.4 is 5.73 Å². The number of hydrogen-bond acceptors (Lipinski definition) is 7. The Labute approximate surface area is 143 Å². The van der Waals surface area contributed by atoms with Crippen LogP contribution >= 0.6 is 11.3 Å². The molecule has 0 atom stereocenters. The molecule has 0 saturated carbocycles. The molecule has 128 valence electrons. The Hall–Kier alpha value is -2.26. The molecule has 1 saturated heterocycles. The van der Waals surface area contributed by atoms with Crippen LogP contribution in [0.1, 0.15) is 38.2 Å². The van der Waals surface area contributed by atoms with Gasteiger partial charge in [0.15, 0.2) is 0 Å². The normalized spacial score (nSPS) is 16.1. The van der Waals surface area contributed by atoms with Gasteiger partial charge in [-0.15, -0.1) is 11.3 Å². The van der Waals surface area contributed by atoms with Gasteiger partial charge in [-0.1, -0.05) is 5.16 Å². The second kappa shape index (κ2) is 7.10. The Kier molecular flexibility index (Phi) is 4.91. The Morgan fingerprint density at radius 3 is 2.83 bits per heavy atom. The van der Waals surface area contributed by atoms with Crippen LogP contribution in [0.15, 0.2) is 16.0 Å². The molecular weight excluding hydrogens is 330 g/mol. The molecule has 0 bridgehead atoms. The molecule has 1 fully saturated rings. The molecule has 3 heterocycles. The van der Waals surface area contributed by atoms with Crippen molar-refractivity contribution in [3.05, 3.63) is 33.6 Å². The summed E-state index contributed by atoms with van der Waals surface area (Å²) in [6.07, 6.45) is 0.868. The summed E-state index contributed by atoms with van der Waals surface area (Å²) in [7, 11) is 0. The summed E-state index contributed by atoms with van der Waals surface area (Å²) in [5.74, 6) is -0.357. The molecule has 0 unspecified atom stereocenters. The number of aromatic nitrogens is 2. The van der Waals surface area contributed by atoms with Crippen molar-refractivity contribution in [2.24, 2.45) is 5.73 Å². The van der Waals surface area contributed by atoms with Crippen LogP contribution in [0.3, 0.4) is 0 Å². The summed E-state index contributed by atoms with van der Waals surface area (Å²) in [6, 6.07) is 1.97. The van der Waals surface area contributed by atoms with Gasteiger partial charge in [0.1, 0.15) is 0 Å². The fourth-order valence-electron chi connectivity index (χ4n) is 2.68. The number of carbonyl (C=O) groups is 2. The van der Waals surface area contributed by atoms with Crippen LogP contribution in [0.2, 0.25) is 0 Å². The van der Waals surface area contributed by atoms with Crippen molar-refractivity contribution >= 4 is 23.2 Å². The van der Waals surface area contributed by atoms with Crippen LogP contribution in [0.4, 0.5) is 0 Å². The molecule has 2 N–H and O–H groups in total. The van der Waals surface area contributed by atoms with Gasteiger partial charge < -0.3 is 15.2 Å². The molecule has 1 aliphatic rings. The third-order valence-electron chi connectivity index (χ3n) is 3.98. The van der Waals surface area contributed by atoms with E-state index in [1.54, 1.807) is 0 Å². The van der Waals surface area contributed by atoms with Gasteiger partial charge in [-0.2, -0.15) is 4.98 Å². The molecule has 2 aromatic heterocycles. The van der Waals surface area contributed by atoms with Crippen molar-refractivity contribution in [2.75, 3.05) is 26.2 Å². The molecular formula is C15H19N5O3S. The second-order valence-electron chi connectivity index (χ2n) is 5.73. The molecule has 24 heavy (non-hydrogen) atoms. The Morgan fingerprint density at radius 1 is 1.33 bits per heavy atom. The monoisotopic (exact) mass is 349 g/mol. The number of nitrogens with zero attached hydrogens (tertiary/aromatic N) is 4. The summed E-state index contributed by atoms with van der Waals surface area (Å²) in [4.78, 5) is 32.4. The highest BCUT2D eigenvalue weighted by molar-refractivity contribution is 7.12. The average molecular weight is 349 g/mol. The van der Waals surface area contributed by atoms with E-state index in [0.717, 1.165) is 30.0 Å². The van der Waals surface area contributed by atoms with Crippen LogP contribution in [0.25, 0.3) is 0 Å². The van der Waals surface area contributed by atoms with E-state index in [1.165, 1.54) is 11.3 Å². The minimum absolute atomic E-state index is 0.0955. The third kappa shape index (κ3) is 3.62. The van der Waals surface area contributed by atoms with Crippen molar-refractivity contribution in [3.63, 3.8) is 0 Å². The first-order valence-corrected chi connectivity index (χ1v) is 8.60. The number of aryl methyl sites for hydroxylation is 1. The van der Waals surface area contributed by atoms with Gasteiger partial charge in [0.2, 0.25) is 5.89 Å². The fraction of sp³-hybridized carbons (Fsp3) is 0.467. The maximum Gasteiger partial charge on any atom is 0.290 e. The van der Waals surface area contributed by atoms with E-state index in [0.29, 0.717) is 25.5 Å². The highest BCUT2D eigenvalue weighted by atomic mass is 32.1. The SMILES string of the molecule is Cc1ccsc1C(=O)N1CCCN(Cc2nc(C(N)=O)no2)CC1. The molecule has 0 aliphatic carbocycles. The summed E-state index contributed by atoms with van der Waals surface area (Å²) < 4.78 is 5.04. The summed E-state index contributed by atoms with van der Waals surface area (Å²) in [6.45, 7) is 5.31. The lowest BCUT2D eigenvalue weighted by atomic mass is 10.2. The highest BCUT2D eigenvalue weighted by Gasteiger charge is 2.23. The minimum Gasteiger partial charge on any atom is -0.363 e. The van der Waals surface area contributed by atoms with Crippen LogP contribution in [-0.2, 0) is 6.54 Å². The van der Waals surface area contributed by atoms with Gasteiger partial charge in [0, 0.05) is 26.2 Å². The van der Waals surface area contributed by atoms with Crippen LogP contribution in [0.5, 0.6) is 0 Å². The molecule has 0 spiro atoms. The molecule has 0 aromatic carbocycles. The number of primary amides is 1. The lowest BCUT2D eigenvalue weighted by Gasteiger charge is -2.21. The standard InChI is InChI=1S/C15H19N5O3S/c1-10-3-8-24-12(10)15(22)20-5-2-4-19(6-7-20)9-11-17-14(13(16)21)18-23-11/h3,8H,2,4-7,9H2,1H3,(H2,16,21). The summed E-state index contributed by atoms with van der Waals surface area (Å²) >= 11 is 1.49. The van der Waals surface area contributed by atoms with Crippen molar-refractivity contribution < 1.29 is 14.1 Å². The Bertz CT molecular complexity index is 741. The van der Waals surface area contributed by atoms with Crippen LogP contribution in [0, 0.1) is 6.92 Å². The van der Waals surface area contributed by atoms with Gasteiger partial charge in [0.25, 0.3) is 17.6 Å². The van der Waals surface area contributed by atoms with E-state index in [2.05, 4.69) is 15.0 Å². The van der Waals surface area contributed by atoms with Crippen molar-refractivity contribution in [1.82, 2.24) is 19.9 Å². The van der Waals surface area contributed by atoms with E-state index in [4.69, 9.17) is 10.3 Å². The van der Waals surface area contributed by atoms with Crippen LogP contribution in [-0.4, -0.2) is 57.9 Å². The maximum absolute atomic E-state index is 12.6. The molecule has 2 amide bonds. The summed E-state index contributed by atoms with van der Waals surface area (Å²) in [5.41, 5.74) is 6.14. The number of amides is 2. The largest absolute Gasteiger partial charge is 0.363 e. The van der Waals surface area contributed by atoms with E-state index in [9.17, 15) is 9.59 Å². The van der Waals surface area contributed by atoms with Crippen molar-refractivity contribution in [1.29, 1.82) is 0 Å². The molecule has 1 aliphatic heterocycles. The second-order valence-corrected chi connectivity index (χ2v) is 6.65. The van der Waals surface area contributed by atoms with Crippen molar-refractivity contribution in [3.8, 4) is 0 Å². The molecule has 0 radical (unpaired) electrons. The van der Waals surface area contributed by atoms with E-state index in [-0.39, 0.29) is 11.7 Å². The zero-order valence-corrected chi connectivity index (χ0v) is 14.2. The highest BCUT2D eigenvalue weighted by Crippen LogP contribution is 2.19. The van der Waals surface area contributed by atoms with E-state index in [1.807, 2.05) is 23.3 Å². The number of nitrogens with two attached hydrogens (primary N) is 1. The first-order valence-electron chi connectivity index (χ1n) is 7.72. The first-order chi connectivity index (χ1) is 11.5. The molecule has 8 nitrogen and oxygen atoms in total. The zero-order valence-electron chi connectivity index (χ0n) is 13.4. The fourth-order valence-corrected chi connectivity index (χ4v) is 3.57. The minimum atomic E-state index is -0.705. The molecule has 3 rings (SSSR count). The average Bonchev–Trinajstić information content (AvgIpc) is 3.12. The third-order valence-corrected chi connectivity index (χ3v) is 4.98. The van der Waals surface area contributed by atoms with E-state index >= 15 is 0 Å². The van der Waals surface area contributed by atoms with Gasteiger partial charge in [0.05, 0.1) is 11.4 Å². The molecule has 9 heteroatoms. The predicted octanol–water partition coefficient (Wildman–Crippen LogP) is 0.887. The topological polar surface area (TPSA) is 106 Å². The quantitative estimate of drug-likeness (QED) is 0.878. The number of rotatable bonds is 4. The number of thiophene rings is 1. The molecule has 2 aromatic rings. The van der Waals surface area contributed by atoms with Crippen molar-refractivity contribution in [2.45, 2.75) is 19.9 Å². The number of hydrogen-bond donors (Lipinski definition) is 1.